The second-order valence-electron chi connectivity index (χ2n) is 9.51. The summed E-state index contributed by atoms with van der Waals surface area (Å²) in [7, 11) is -3.21. The number of nitrogens with two attached hydrogens (primary N) is 1. The number of ether oxygens (including phenoxy) is 2. The van der Waals surface area contributed by atoms with Crippen molar-refractivity contribution in [1.29, 1.82) is 0 Å². The predicted octanol–water partition coefficient (Wildman–Crippen LogP) is 3.77. The summed E-state index contributed by atoms with van der Waals surface area (Å²) in [6, 6.07) is 6.74. The highest BCUT2D eigenvalue weighted by Crippen LogP contribution is 2.29. The van der Waals surface area contributed by atoms with Gasteiger partial charge >= 0.3 is 6.02 Å². The fourth-order valence-corrected chi connectivity index (χ4v) is 4.75. The number of halogens is 1. The van der Waals surface area contributed by atoms with Gasteiger partial charge in [0.15, 0.2) is 9.84 Å². The first-order valence-electron chi connectivity index (χ1n) is 11.7. The van der Waals surface area contributed by atoms with E-state index in [0.29, 0.717) is 18.8 Å². The molecule has 1 heterocycles. The van der Waals surface area contributed by atoms with Crippen molar-refractivity contribution in [3.63, 3.8) is 0 Å². The van der Waals surface area contributed by atoms with E-state index in [0.717, 1.165) is 38.5 Å². The summed E-state index contributed by atoms with van der Waals surface area (Å²) >= 11 is 0. The predicted molar refractivity (Wildman–Crippen MR) is 129 cm³/mol. The molecular weight excluding hydrogens is 461 g/mol. The number of nitrogens with zero attached hydrogens (tertiary/aromatic N) is 2. The van der Waals surface area contributed by atoms with E-state index >= 15 is 0 Å². The van der Waals surface area contributed by atoms with Gasteiger partial charge in [0.1, 0.15) is 11.4 Å². The third kappa shape index (κ3) is 7.41. The zero-order valence-electron chi connectivity index (χ0n) is 20.2. The van der Waals surface area contributed by atoms with Crippen LogP contribution in [0.1, 0.15) is 52.4 Å². The molecule has 1 saturated heterocycles. The molecule has 0 bridgehead atoms. The van der Waals surface area contributed by atoms with Crippen molar-refractivity contribution in [2.24, 2.45) is 10.9 Å². The molecule has 34 heavy (non-hydrogen) atoms. The Kier molecular flexibility index (Phi) is 8.59. The van der Waals surface area contributed by atoms with Crippen LogP contribution in [0, 0.1) is 0 Å². The summed E-state index contributed by atoms with van der Waals surface area (Å²) in [6.45, 7) is 7.75. The standard InChI is InChI=1S/C24H36FN3O5S/c1-17(24(2,3)25)27-23(33-26)28-15-13-21(14-16-28)32-19-7-5-18(6-8-19)31-20-9-11-22(12-10-20)34(4,29)30/h9-12,18-19,21H,1,5-8,13-16,26H2,2-4H3. The van der Waals surface area contributed by atoms with Crippen molar-refractivity contribution in [1.82, 2.24) is 4.90 Å². The van der Waals surface area contributed by atoms with E-state index < -0.39 is 15.5 Å². The van der Waals surface area contributed by atoms with Gasteiger partial charge in [-0.05, 0) is 76.6 Å². The fraction of sp³-hybridized carbons (Fsp3) is 0.625. The van der Waals surface area contributed by atoms with Gasteiger partial charge in [-0.3, -0.25) is 0 Å². The quantitative estimate of drug-likeness (QED) is 0.347. The van der Waals surface area contributed by atoms with E-state index in [2.05, 4.69) is 11.6 Å². The lowest BCUT2D eigenvalue weighted by Crippen LogP contribution is -2.44. The topological polar surface area (TPSA) is 103 Å². The Morgan fingerprint density at radius 3 is 2.09 bits per heavy atom. The number of benzene rings is 1. The largest absolute Gasteiger partial charge is 0.490 e. The second kappa shape index (κ2) is 11.0. The Morgan fingerprint density at radius 2 is 1.59 bits per heavy atom. The van der Waals surface area contributed by atoms with Crippen LogP contribution >= 0.6 is 0 Å². The molecule has 3 rings (SSSR count). The van der Waals surface area contributed by atoms with Gasteiger partial charge in [0, 0.05) is 19.3 Å². The minimum Gasteiger partial charge on any atom is -0.490 e. The molecule has 2 fully saturated rings. The average molecular weight is 498 g/mol. The first-order chi connectivity index (χ1) is 16.0. The Hall–Kier alpha value is -2.17. The number of likely N-dealkylation sites (tertiary alicyclic amines) is 1. The lowest BCUT2D eigenvalue weighted by molar-refractivity contribution is -0.0627. The third-order valence-corrected chi connectivity index (χ3v) is 7.42. The Balaban J connectivity index is 1.41. The van der Waals surface area contributed by atoms with Gasteiger partial charge in [0.2, 0.25) is 0 Å². The molecule has 8 nitrogen and oxygen atoms in total. The molecule has 0 atom stereocenters. The molecule has 0 aromatic heterocycles. The summed E-state index contributed by atoms with van der Waals surface area (Å²) < 4.78 is 49.6. The van der Waals surface area contributed by atoms with E-state index in [1.807, 2.05) is 4.90 Å². The molecule has 10 heteroatoms. The van der Waals surface area contributed by atoms with Crippen LogP contribution in [0.2, 0.25) is 0 Å². The highest BCUT2D eigenvalue weighted by atomic mass is 32.2. The normalized spacial score (nSPS) is 23.0. The summed E-state index contributed by atoms with van der Waals surface area (Å²) in [5, 5.41) is 0. The number of hydrogen-bond acceptors (Lipinski definition) is 7. The minimum atomic E-state index is -3.21. The number of amidine groups is 1. The van der Waals surface area contributed by atoms with Crippen LogP contribution in [0.15, 0.2) is 46.4 Å². The maximum absolute atomic E-state index is 14.0. The highest BCUT2D eigenvalue weighted by molar-refractivity contribution is 7.90. The number of piperidine rings is 1. The van der Waals surface area contributed by atoms with Gasteiger partial charge in [0.05, 0.1) is 28.9 Å². The molecule has 0 unspecified atom stereocenters. The molecule has 1 aliphatic heterocycles. The number of rotatable bonds is 7. The lowest BCUT2D eigenvalue weighted by atomic mass is 9.94. The zero-order chi connectivity index (χ0) is 24.9. The van der Waals surface area contributed by atoms with Crippen molar-refractivity contribution in [2.75, 3.05) is 19.3 Å². The van der Waals surface area contributed by atoms with Crippen molar-refractivity contribution in [3.05, 3.63) is 36.5 Å². The molecule has 1 aliphatic carbocycles. The van der Waals surface area contributed by atoms with Crippen LogP contribution < -0.4 is 10.6 Å². The number of hydrogen-bond donors (Lipinski definition) is 1. The van der Waals surface area contributed by atoms with Crippen molar-refractivity contribution in [3.8, 4) is 5.75 Å². The maximum atomic E-state index is 14.0. The Bertz CT molecular complexity index is 959. The van der Waals surface area contributed by atoms with Crippen molar-refractivity contribution >= 4 is 15.9 Å². The molecule has 2 aliphatic rings. The summed E-state index contributed by atoms with van der Waals surface area (Å²) in [6.07, 6.45) is 6.82. The van der Waals surface area contributed by atoms with Gasteiger partial charge in [0.25, 0.3) is 0 Å². The second-order valence-corrected chi connectivity index (χ2v) is 11.5. The molecule has 1 aromatic rings. The van der Waals surface area contributed by atoms with Crippen LogP contribution in [0.5, 0.6) is 5.75 Å². The van der Waals surface area contributed by atoms with E-state index in [4.69, 9.17) is 20.2 Å². The molecule has 0 radical (unpaired) electrons. The highest BCUT2D eigenvalue weighted by Gasteiger charge is 2.29. The molecule has 0 spiro atoms. The van der Waals surface area contributed by atoms with Gasteiger partial charge in [-0.2, -0.15) is 10.9 Å². The molecule has 1 aromatic carbocycles. The molecular formula is C24H36FN3O5S. The fourth-order valence-electron chi connectivity index (χ4n) is 4.12. The van der Waals surface area contributed by atoms with Crippen LogP contribution in [0.3, 0.4) is 0 Å². The van der Waals surface area contributed by atoms with Crippen molar-refractivity contribution in [2.45, 2.75) is 81.2 Å². The number of allylic oxidation sites excluding steroid dienone is 1. The summed E-state index contributed by atoms with van der Waals surface area (Å²) in [5.41, 5.74) is -1.58. The van der Waals surface area contributed by atoms with Gasteiger partial charge in [-0.25, -0.2) is 12.8 Å². The minimum absolute atomic E-state index is 0.0663. The molecule has 190 valence electrons. The first-order valence-corrected chi connectivity index (χ1v) is 13.6. The number of sulfone groups is 1. The van der Waals surface area contributed by atoms with E-state index in [-0.39, 0.29) is 34.9 Å². The molecule has 1 saturated carbocycles. The molecule has 2 N–H and O–H groups in total. The number of aliphatic imine (C=N–C) groups is 1. The Morgan fingerprint density at radius 1 is 1.06 bits per heavy atom. The van der Waals surface area contributed by atoms with Crippen LogP contribution in [-0.4, -0.2) is 62.7 Å². The monoisotopic (exact) mass is 497 g/mol. The van der Waals surface area contributed by atoms with E-state index in [1.54, 1.807) is 24.3 Å². The smallest absolute Gasteiger partial charge is 0.312 e. The third-order valence-electron chi connectivity index (χ3n) is 6.30. The van der Waals surface area contributed by atoms with Crippen LogP contribution in [-0.2, 0) is 19.4 Å². The lowest BCUT2D eigenvalue weighted by Gasteiger charge is -2.36. The molecule has 0 amide bonds. The summed E-state index contributed by atoms with van der Waals surface area (Å²) in [5.74, 6) is 6.05. The van der Waals surface area contributed by atoms with Crippen molar-refractivity contribution < 1.29 is 27.1 Å². The maximum Gasteiger partial charge on any atom is 0.312 e. The summed E-state index contributed by atoms with van der Waals surface area (Å²) in [4.78, 5) is 11.2. The van der Waals surface area contributed by atoms with E-state index in [9.17, 15) is 12.8 Å². The Labute approximate surface area is 201 Å². The van der Waals surface area contributed by atoms with Crippen LogP contribution in [0.4, 0.5) is 4.39 Å². The first kappa shape index (κ1) is 26.4. The van der Waals surface area contributed by atoms with E-state index in [1.165, 1.54) is 20.1 Å². The number of alkyl halides is 1. The van der Waals surface area contributed by atoms with Gasteiger partial charge in [-0.1, -0.05) is 6.58 Å². The average Bonchev–Trinajstić information content (AvgIpc) is 2.78. The zero-order valence-corrected chi connectivity index (χ0v) is 21.0. The van der Waals surface area contributed by atoms with Gasteiger partial charge < -0.3 is 19.2 Å². The SMILES string of the molecule is C=C(N=C(ON)N1CCC(OC2CCC(Oc3ccc(S(C)(=O)=O)cc3)CC2)CC1)C(C)(C)F. The van der Waals surface area contributed by atoms with Gasteiger partial charge in [-0.15, -0.1) is 0 Å². The van der Waals surface area contributed by atoms with Crippen LogP contribution in [0.25, 0.3) is 0 Å².